The maximum atomic E-state index is 5.27. The molecule has 3 aromatic heterocycles. The van der Waals surface area contributed by atoms with Crippen LogP contribution < -0.4 is 0 Å². The summed E-state index contributed by atoms with van der Waals surface area (Å²) in [6, 6.07) is 54.0. The number of fused-ring (bicyclic) bond motifs is 9. The van der Waals surface area contributed by atoms with E-state index in [4.69, 9.17) is 9.97 Å². The van der Waals surface area contributed by atoms with Gasteiger partial charge in [0.25, 0.3) is 0 Å². The molecule has 0 aliphatic heterocycles. The number of benzene rings is 7. The average Bonchev–Trinajstić information content (AvgIpc) is 3.67. The molecule has 0 radical (unpaired) electrons. The molecule has 0 fully saturated rings. The molecule has 0 atom stereocenters. The molecule has 10 aromatic rings. The molecule has 4 heteroatoms. The van der Waals surface area contributed by atoms with E-state index in [2.05, 4.69) is 150 Å². The van der Waals surface area contributed by atoms with Gasteiger partial charge in [-0.2, -0.15) is 0 Å². The Morgan fingerprint density at radius 2 is 1.09 bits per heavy atom. The number of hydrogen-bond donors (Lipinski definition) is 0. The molecule has 0 saturated carbocycles. The first-order valence-corrected chi connectivity index (χ1v) is 16.3. The minimum Gasteiger partial charge on any atom is -0.308 e. The largest absolute Gasteiger partial charge is 0.308 e. The van der Waals surface area contributed by atoms with Crippen molar-refractivity contribution in [1.29, 1.82) is 0 Å². The van der Waals surface area contributed by atoms with E-state index in [1.54, 1.807) is 0 Å². The van der Waals surface area contributed by atoms with E-state index in [-0.39, 0.29) is 0 Å². The van der Waals surface area contributed by atoms with Crippen LogP contribution in [0.25, 0.3) is 92.0 Å². The summed E-state index contributed by atoms with van der Waals surface area (Å²) in [5.74, 6) is 0.746. The van der Waals surface area contributed by atoms with Gasteiger partial charge in [0.05, 0.1) is 32.6 Å². The Kier molecular flexibility index (Phi) is 5.45. The molecule has 0 aliphatic carbocycles. The van der Waals surface area contributed by atoms with Gasteiger partial charge < -0.3 is 4.57 Å². The fourth-order valence-corrected chi connectivity index (χ4v) is 8.47. The first kappa shape index (κ1) is 25.5. The Morgan fingerprint density at radius 3 is 1.85 bits per heavy atom. The number of nitrogens with zero attached hydrogens (tertiary/aromatic N) is 3. The quantitative estimate of drug-likeness (QED) is 0.201. The lowest BCUT2D eigenvalue weighted by Gasteiger charge is -2.12. The van der Waals surface area contributed by atoms with Gasteiger partial charge >= 0.3 is 0 Å². The van der Waals surface area contributed by atoms with Crippen LogP contribution in [-0.4, -0.2) is 14.5 Å². The third kappa shape index (κ3) is 3.65. The third-order valence-corrected chi connectivity index (χ3v) is 10.4. The Balaban J connectivity index is 1.29. The molecule has 0 amide bonds. The first-order valence-electron chi connectivity index (χ1n) is 15.5. The fraction of sp³-hybridized carbons (Fsp3) is 0. The van der Waals surface area contributed by atoms with Gasteiger partial charge in [-0.1, -0.05) is 121 Å². The average molecular weight is 604 g/mol. The first-order chi connectivity index (χ1) is 22.8. The highest BCUT2D eigenvalue weighted by Gasteiger charge is 2.20. The molecule has 10 rings (SSSR count). The predicted octanol–water partition coefficient (Wildman–Crippen LogP) is 11.6. The second-order valence-corrected chi connectivity index (χ2v) is 12.8. The zero-order valence-electron chi connectivity index (χ0n) is 24.7. The number of thiophene rings is 1. The molecule has 0 N–H and O–H groups in total. The molecular weight excluding hydrogens is 579 g/mol. The van der Waals surface area contributed by atoms with Crippen molar-refractivity contribution in [1.82, 2.24) is 14.5 Å². The van der Waals surface area contributed by atoms with E-state index in [0.29, 0.717) is 0 Å². The van der Waals surface area contributed by atoms with Crippen LogP contribution in [0.3, 0.4) is 0 Å². The van der Waals surface area contributed by atoms with Crippen LogP contribution in [-0.2, 0) is 0 Å². The second kappa shape index (κ2) is 9.83. The zero-order chi connectivity index (χ0) is 30.2. The summed E-state index contributed by atoms with van der Waals surface area (Å²) in [6.45, 7) is 0. The molecule has 0 bridgehead atoms. The Hall–Kier alpha value is -5.84. The van der Waals surface area contributed by atoms with Crippen LogP contribution in [0.4, 0.5) is 0 Å². The minimum atomic E-state index is 0.746. The van der Waals surface area contributed by atoms with Gasteiger partial charge in [0.1, 0.15) is 0 Å². The highest BCUT2D eigenvalue weighted by atomic mass is 32.1. The van der Waals surface area contributed by atoms with E-state index in [1.807, 2.05) is 17.4 Å². The Bertz CT molecular complexity index is 2760. The van der Waals surface area contributed by atoms with E-state index < -0.39 is 0 Å². The van der Waals surface area contributed by atoms with Gasteiger partial charge in [-0.05, 0) is 41.1 Å². The standard InChI is InChI=1S/C42H25N3S/c1-2-13-26(14-3-1)40-31-19-6-9-21-34(31)43-42(44-40)33-25-38-39(30-18-5-4-15-27(30)33)32-20-12-24-37(41(32)46-38)45-35-22-10-7-16-28(35)29-17-8-11-23-36(29)45/h1-25H. The van der Waals surface area contributed by atoms with Crippen LogP contribution in [0.1, 0.15) is 0 Å². The molecule has 3 nitrogen and oxygen atoms in total. The monoisotopic (exact) mass is 603 g/mol. The van der Waals surface area contributed by atoms with Crippen LogP contribution in [0.2, 0.25) is 0 Å². The molecule has 214 valence electrons. The highest BCUT2D eigenvalue weighted by Crippen LogP contribution is 2.45. The number of para-hydroxylation sites is 3. The van der Waals surface area contributed by atoms with E-state index in [0.717, 1.165) is 38.9 Å². The summed E-state index contributed by atoms with van der Waals surface area (Å²) in [7, 11) is 0. The van der Waals surface area contributed by atoms with Crippen molar-refractivity contribution in [3.05, 3.63) is 152 Å². The lowest BCUT2D eigenvalue weighted by Crippen LogP contribution is -1.96. The van der Waals surface area contributed by atoms with Crippen LogP contribution >= 0.6 is 11.3 Å². The lowest BCUT2D eigenvalue weighted by molar-refractivity contribution is 1.20. The normalized spacial score (nSPS) is 11.9. The van der Waals surface area contributed by atoms with Crippen LogP contribution in [0.5, 0.6) is 0 Å². The molecular formula is C42H25N3S. The van der Waals surface area contributed by atoms with Gasteiger partial charge in [-0.15, -0.1) is 11.3 Å². The predicted molar refractivity (Wildman–Crippen MR) is 195 cm³/mol. The smallest absolute Gasteiger partial charge is 0.161 e. The molecule has 7 aromatic carbocycles. The van der Waals surface area contributed by atoms with Gasteiger partial charge in [-0.25, -0.2) is 9.97 Å². The van der Waals surface area contributed by atoms with E-state index in [9.17, 15) is 0 Å². The molecule has 3 heterocycles. The zero-order valence-corrected chi connectivity index (χ0v) is 25.5. The fourth-order valence-electron chi connectivity index (χ4n) is 7.20. The summed E-state index contributed by atoms with van der Waals surface area (Å²) < 4.78 is 4.94. The topological polar surface area (TPSA) is 30.7 Å². The van der Waals surface area contributed by atoms with Crippen molar-refractivity contribution < 1.29 is 0 Å². The SMILES string of the molecule is c1ccc(-c2nc(-c3cc4sc5c(-n6c7ccccc7c7ccccc76)cccc5c4c4ccccc34)nc3ccccc23)cc1. The highest BCUT2D eigenvalue weighted by molar-refractivity contribution is 7.26. The summed E-state index contributed by atoms with van der Waals surface area (Å²) in [5.41, 5.74) is 7.68. The van der Waals surface area contributed by atoms with Gasteiger partial charge in [0, 0.05) is 42.8 Å². The molecule has 0 aliphatic rings. The number of aromatic nitrogens is 3. The number of hydrogen-bond acceptors (Lipinski definition) is 3. The molecule has 46 heavy (non-hydrogen) atoms. The van der Waals surface area contributed by atoms with E-state index in [1.165, 1.54) is 53.1 Å². The lowest BCUT2D eigenvalue weighted by atomic mass is 9.98. The van der Waals surface area contributed by atoms with Gasteiger partial charge in [0.15, 0.2) is 5.82 Å². The minimum absolute atomic E-state index is 0.746. The van der Waals surface area contributed by atoms with Crippen molar-refractivity contribution in [3.63, 3.8) is 0 Å². The second-order valence-electron chi connectivity index (χ2n) is 11.7. The molecule has 0 saturated heterocycles. The maximum Gasteiger partial charge on any atom is 0.161 e. The summed E-state index contributed by atoms with van der Waals surface area (Å²) in [6.07, 6.45) is 0. The summed E-state index contributed by atoms with van der Waals surface area (Å²) in [4.78, 5) is 10.4. The van der Waals surface area contributed by atoms with Crippen molar-refractivity contribution in [3.8, 4) is 28.3 Å². The van der Waals surface area contributed by atoms with Crippen molar-refractivity contribution >= 4 is 75.0 Å². The van der Waals surface area contributed by atoms with Crippen LogP contribution in [0.15, 0.2) is 152 Å². The molecule has 0 spiro atoms. The van der Waals surface area contributed by atoms with E-state index >= 15 is 0 Å². The van der Waals surface area contributed by atoms with Gasteiger partial charge in [-0.3, -0.25) is 0 Å². The summed E-state index contributed by atoms with van der Waals surface area (Å²) >= 11 is 1.86. The third-order valence-electron chi connectivity index (χ3n) is 9.20. The summed E-state index contributed by atoms with van der Waals surface area (Å²) in [5, 5.41) is 8.53. The van der Waals surface area contributed by atoms with Crippen molar-refractivity contribution in [2.45, 2.75) is 0 Å². The Morgan fingerprint density at radius 1 is 0.478 bits per heavy atom. The van der Waals surface area contributed by atoms with Gasteiger partial charge in [0.2, 0.25) is 0 Å². The van der Waals surface area contributed by atoms with Crippen LogP contribution in [0, 0.1) is 0 Å². The maximum absolute atomic E-state index is 5.27. The number of rotatable bonds is 3. The molecule has 0 unspecified atom stereocenters. The van der Waals surface area contributed by atoms with Crippen molar-refractivity contribution in [2.24, 2.45) is 0 Å². The Labute approximate surface area is 268 Å². The van der Waals surface area contributed by atoms with Crippen molar-refractivity contribution in [2.75, 3.05) is 0 Å².